The Balaban J connectivity index is 2.09. The first kappa shape index (κ1) is 21.0. The van der Waals surface area contributed by atoms with E-state index in [1.807, 2.05) is 30.3 Å². The van der Waals surface area contributed by atoms with Gasteiger partial charge in [-0.3, -0.25) is 14.4 Å². The molecule has 0 saturated carbocycles. The van der Waals surface area contributed by atoms with E-state index in [0.29, 0.717) is 12.2 Å². The van der Waals surface area contributed by atoms with Crippen molar-refractivity contribution in [1.82, 2.24) is 10.6 Å². The molecule has 2 aromatic rings. The van der Waals surface area contributed by atoms with E-state index in [1.165, 1.54) is 6.92 Å². The molecular weight excluding hydrogens is 358 g/mol. The van der Waals surface area contributed by atoms with E-state index in [-0.39, 0.29) is 12.3 Å². The number of benzene rings is 2. The average molecular weight is 383 g/mol. The molecule has 28 heavy (non-hydrogen) atoms. The minimum Gasteiger partial charge on any atom is -0.497 e. The molecule has 0 heterocycles. The quantitative estimate of drug-likeness (QED) is 0.599. The Bertz CT molecular complexity index is 806. The Morgan fingerprint density at radius 2 is 1.46 bits per heavy atom. The standard InChI is InChI=1S/C21H25N3O4/c1-14(25)23-19(13-15-6-4-3-5-7-15)21(27)24-18(20(22)26)12-16-8-10-17(28-2)11-9-16/h3-11,18-19H,12-13H2,1-2H3,(H2,22,26)(H,23,25)(H,24,27)/t18-,19-/m1/s1. The molecule has 0 radical (unpaired) electrons. The maximum atomic E-state index is 12.7. The van der Waals surface area contributed by atoms with Gasteiger partial charge >= 0.3 is 0 Å². The van der Waals surface area contributed by atoms with Crippen LogP contribution in [-0.4, -0.2) is 36.9 Å². The van der Waals surface area contributed by atoms with Crippen molar-refractivity contribution in [3.63, 3.8) is 0 Å². The Morgan fingerprint density at radius 1 is 0.893 bits per heavy atom. The first-order chi connectivity index (χ1) is 13.4. The fraction of sp³-hybridized carbons (Fsp3) is 0.286. The van der Waals surface area contributed by atoms with Gasteiger partial charge in [0.05, 0.1) is 7.11 Å². The van der Waals surface area contributed by atoms with Crippen LogP contribution in [0, 0.1) is 0 Å². The smallest absolute Gasteiger partial charge is 0.243 e. The van der Waals surface area contributed by atoms with Crippen molar-refractivity contribution in [1.29, 1.82) is 0 Å². The van der Waals surface area contributed by atoms with Crippen LogP contribution in [0.15, 0.2) is 54.6 Å². The number of hydrogen-bond donors (Lipinski definition) is 3. The number of ether oxygens (including phenoxy) is 1. The minimum atomic E-state index is -0.895. The van der Waals surface area contributed by atoms with Crippen LogP contribution in [0.1, 0.15) is 18.1 Å². The highest BCUT2D eigenvalue weighted by Crippen LogP contribution is 2.13. The third-order valence-electron chi connectivity index (χ3n) is 4.24. The van der Waals surface area contributed by atoms with E-state index in [1.54, 1.807) is 31.4 Å². The maximum Gasteiger partial charge on any atom is 0.243 e. The van der Waals surface area contributed by atoms with Gasteiger partial charge in [0.1, 0.15) is 17.8 Å². The zero-order valence-corrected chi connectivity index (χ0v) is 16.0. The molecule has 7 heteroatoms. The monoisotopic (exact) mass is 383 g/mol. The molecule has 148 valence electrons. The number of hydrogen-bond acceptors (Lipinski definition) is 4. The van der Waals surface area contributed by atoms with Crippen molar-refractivity contribution in [2.75, 3.05) is 7.11 Å². The molecule has 2 atom stereocenters. The Labute approximate surface area is 164 Å². The Morgan fingerprint density at radius 3 is 2.00 bits per heavy atom. The van der Waals surface area contributed by atoms with E-state index in [4.69, 9.17) is 10.5 Å². The largest absolute Gasteiger partial charge is 0.497 e. The molecule has 2 aromatic carbocycles. The predicted octanol–water partition coefficient (Wildman–Crippen LogP) is 0.955. The van der Waals surface area contributed by atoms with Crippen LogP contribution in [0.5, 0.6) is 5.75 Å². The topological polar surface area (TPSA) is 111 Å². The van der Waals surface area contributed by atoms with Gasteiger partial charge in [-0.25, -0.2) is 0 Å². The van der Waals surface area contributed by atoms with Crippen LogP contribution < -0.4 is 21.1 Å². The molecule has 2 rings (SSSR count). The van der Waals surface area contributed by atoms with Gasteiger partial charge in [-0.15, -0.1) is 0 Å². The molecule has 0 spiro atoms. The summed E-state index contributed by atoms with van der Waals surface area (Å²) in [6.45, 7) is 1.34. The molecule has 0 unspecified atom stereocenters. The third-order valence-corrected chi connectivity index (χ3v) is 4.24. The summed E-state index contributed by atoms with van der Waals surface area (Å²) < 4.78 is 5.11. The number of nitrogens with two attached hydrogens (primary N) is 1. The Kier molecular flexibility index (Phi) is 7.56. The molecule has 0 aromatic heterocycles. The highest BCUT2D eigenvalue weighted by Gasteiger charge is 2.25. The van der Waals surface area contributed by atoms with Crippen molar-refractivity contribution in [3.8, 4) is 5.75 Å². The molecule has 0 aliphatic carbocycles. The summed E-state index contributed by atoms with van der Waals surface area (Å²) in [5.74, 6) is -0.749. The number of rotatable bonds is 9. The van der Waals surface area contributed by atoms with Crippen molar-refractivity contribution in [2.24, 2.45) is 5.73 Å². The van der Waals surface area contributed by atoms with Crippen LogP contribution in [-0.2, 0) is 27.2 Å². The third kappa shape index (κ3) is 6.42. The number of amides is 3. The molecule has 0 fully saturated rings. The zero-order valence-electron chi connectivity index (χ0n) is 16.0. The van der Waals surface area contributed by atoms with Crippen molar-refractivity contribution in [3.05, 3.63) is 65.7 Å². The van der Waals surface area contributed by atoms with Gasteiger partial charge < -0.3 is 21.1 Å². The van der Waals surface area contributed by atoms with Gasteiger partial charge in [0.25, 0.3) is 0 Å². The van der Waals surface area contributed by atoms with Crippen LogP contribution in [0.4, 0.5) is 0 Å². The molecule has 0 aliphatic rings. The minimum absolute atomic E-state index is 0.239. The zero-order chi connectivity index (χ0) is 20.5. The summed E-state index contributed by atoms with van der Waals surface area (Å²) in [4.78, 5) is 36.1. The van der Waals surface area contributed by atoms with Gasteiger partial charge in [-0.05, 0) is 23.3 Å². The fourth-order valence-corrected chi connectivity index (χ4v) is 2.80. The second-order valence-corrected chi connectivity index (χ2v) is 6.46. The second-order valence-electron chi connectivity index (χ2n) is 6.46. The highest BCUT2D eigenvalue weighted by molar-refractivity contribution is 5.91. The molecule has 0 saturated heterocycles. The number of carbonyl (C=O) groups is 3. The molecule has 0 bridgehead atoms. The first-order valence-electron chi connectivity index (χ1n) is 8.92. The van der Waals surface area contributed by atoms with Crippen molar-refractivity contribution < 1.29 is 19.1 Å². The molecular formula is C21H25N3O4. The molecule has 3 amide bonds. The van der Waals surface area contributed by atoms with Gasteiger partial charge in [0.15, 0.2) is 0 Å². The normalized spacial score (nSPS) is 12.5. The summed E-state index contributed by atoms with van der Waals surface area (Å²) in [5.41, 5.74) is 7.19. The van der Waals surface area contributed by atoms with Crippen molar-refractivity contribution >= 4 is 17.7 Å². The molecule has 7 nitrogen and oxygen atoms in total. The lowest BCUT2D eigenvalue weighted by atomic mass is 10.0. The van der Waals surface area contributed by atoms with Gasteiger partial charge in [-0.1, -0.05) is 42.5 Å². The number of nitrogens with one attached hydrogen (secondary N) is 2. The predicted molar refractivity (Wildman–Crippen MR) is 106 cm³/mol. The SMILES string of the molecule is COc1ccc(C[C@@H](NC(=O)[C@@H](Cc2ccccc2)NC(C)=O)C(N)=O)cc1. The van der Waals surface area contributed by atoms with E-state index < -0.39 is 23.9 Å². The van der Waals surface area contributed by atoms with Crippen LogP contribution in [0.2, 0.25) is 0 Å². The van der Waals surface area contributed by atoms with Gasteiger partial charge in [0, 0.05) is 19.8 Å². The van der Waals surface area contributed by atoms with E-state index >= 15 is 0 Å². The van der Waals surface area contributed by atoms with Crippen LogP contribution >= 0.6 is 0 Å². The summed E-state index contributed by atoms with van der Waals surface area (Å²) in [6, 6.07) is 14.7. The average Bonchev–Trinajstić information content (AvgIpc) is 2.67. The Hall–Kier alpha value is -3.35. The second kappa shape index (κ2) is 10.1. The first-order valence-corrected chi connectivity index (χ1v) is 8.92. The summed E-state index contributed by atoms with van der Waals surface area (Å²) in [6.07, 6.45) is 0.545. The molecule has 4 N–H and O–H groups in total. The van der Waals surface area contributed by atoms with E-state index in [0.717, 1.165) is 11.1 Å². The van der Waals surface area contributed by atoms with Gasteiger partial charge in [-0.2, -0.15) is 0 Å². The van der Waals surface area contributed by atoms with Crippen LogP contribution in [0.3, 0.4) is 0 Å². The van der Waals surface area contributed by atoms with Crippen molar-refractivity contribution in [2.45, 2.75) is 31.8 Å². The number of primary amides is 1. The summed E-state index contributed by atoms with van der Waals surface area (Å²) >= 11 is 0. The van der Waals surface area contributed by atoms with E-state index in [2.05, 4.69) is 10.6 Å². The van der Waals surface area contributed by atoms with E-state index in [9.17, 15) is 14.4 Å². The number of methoxy groups -OCH3 is 1. The lowest BCUT2D eigenvalue weighted by Crippen LogP contribution is -2.54. The summed E-state index contributed by atoms with van der Waals surface area (Å²) in [7, 11) is 1.57. The summed E-state index contributed by atoms with van der Waals surface area (Å²) in [5, 5.41) is 5.29. The lowest BCUT2D eigenvalue weighted by molar-refractivity contribution is -0.130. The maximum absolute atomic E-state index is 12.7. The highest BCUT2D eigenvalue weighted by atomic mass is 16.5. The fourth-order valence-electron chi connectivity index (χ4n) is 2.80. The number of carbonyl (C=O) groups excluding carboxylic acids is 3. The lowest BCUT2D eigenvalue weighted by Gasteiger charge is -2.22. The van der Waals surface area contributed by atoms with Crippen LogP contribution in [0.25, 0.3) is 0 Å². The van der Waals surface area contributed by atoms with Gasteiger partial charge in [0.2, 0.25) is 17.7 Å². The molecule has 0 aliphatic heterocycles.